The van der Waals surface area contributed by atoms with Crippen LogP contribution in [0.5, 0.6) is 0 Å². The number of hydrogen-bond acceptors (Lipinski definition) is 5. The van der Waals surface area contributed by atoms with Crippen molar-refractivity contribution >= 4 is 17.8 Å². The van der Waals surface area contributed by atoms with Gasteiger partial charge in [-0.2, -0.15) is 5.10 Å². The van der Waals surface area contributed by atoms with Crippen molar-refractivity contribution in [2.45, 2.75) is 25.7 Å². The third-order valence-corrected chi connectivity index (χ3v) is 2.96. The molecule has 0 aliphatic rings. The van der Waals surface area contributed by atoms with Crippen LogP contribution < -0.4 is 5.32 Å². The van der Waals surface area contributed by atoms with E-state index >= 15 is 0 Å². The van der Waals surface area contributed by atoms with Crippen molar-refractivity contribution in [1.82, 2.24) is 15.1 Å². The minimum Gasteiger partial charge on any atom is -0.478 e. The van der Waals surface area contributed by atoms with E-state index in [0.717, 1.165) is 12.6 Å². The quantitative estimate of drug-likeness (QED) is 0.536. The summed E-state index contributed by atoms with van der Waals surface area (Å²) in [6, 6.07) is 0. The number of ether oxygens (including phenoxy) is 1. The number of carboxylic acid groups (broad SMARTS) is 1. The van der Waals surface area contributed by atoms with E-state index in [1.807, 2.05) is 0 Å². The number of esters is 1. The Morgan fingerprint density at radius 3 is 2.67 bits per heavy atom. The van der Waals surface area contributed by atoms with Crippen LogP contribution in [0.1, 0.15) is 46.5 Å². The topological polar surface area (TPSA) is 111 Å². The molecule has 0 saturated heterocycles. The van der Waals surface area contributed by atoms with Crippen molar-refractivity contribution in [1.29, 1.82) is 0 Å². The van der Waals surface area contributed by atoms with Gasteiger partial charge in [0, 0.05) is 20.0 Å². The van der Waals surface area contributed by atoms with Gasteiger partial charge in [0.1, 0.15) is 11.3 Å². The predicted molar refractivity (Wildman–Crippen MR) is 73.0 cm³/mol. The second kappa shape index (κ2) is 8.03. The van der Waals surface area contributed by atoms with E-state index in [1.165, 1.54) is 18.8 Å². The predicted octanol–water partition coefficient (Wildman–Crippen LogP) is 0.581. The van der Waals surface area contributed by atoms with Gasteiger partial charge in [-0.1, -0.05) is 6.42 Å². The van der Waals surface area contributed by atoms with Gasteiger partial charge in [0.2, 0.25) is 0 Å². The number of nitrogens with zero attached hydrogens (tertiary/aromatic N) is 2. The standard InChI is InChI=1S/C13H19N3O5/c1-16-11(9(8-15-16)13(19)20)12(18)14-7-5-3-4-6-10(17)21-2/h8H,3-7H2,1-2H3,(H,14,18)(H,19,20). The summed E-state index contributed by atoms with van der Waals surface area (Å²) in [5.41, 5.74) is -0.0993. The molecule has 116 valence electrons. The normalized spacial score (nSPS) is 10.2. The Kier molecular flexibility index (Phi) is 6.38. The first-order valence-corrected chi connectivity index (χ1v) is 6.57. The first-order valence-electron chi connectivity index (χ1n) is 6.57. The van der Waals surface area contributed by atoms with Crippen LogP contribution >= 0.6 is 0 Å². The molecule has 0 radical (unpaired) electrons. The Hall–Kier alpha value is -2.38. The molecular weight excluding hydrogens is 278 g/mol. The van der Waals surface area contributed by atoms with Crippen molar-refractivity contribution in [3.63, 3.8) is 0 Å². The second-order valence-corrected chi connectivity index (χ2v) is 4.48. The summed E-state index contributed by atoms with van der Waals surface area (Å²) in [6.07, 6.45) is 3.66. The van der Waals surface area contributed by atoms with Crippen LogP contribution in [-0.4, -0.2) is 46.4 Å². The SMILES string of the molecule is COC(=O)CCCCCNC(=O)c1c(C(=O)O)cnn1C. The molecule has 1 amide bonds. The van der Waals surface area contributed by atoms with Crippen LogP contribution in [0.4, 0.5) is 0 Å². The first-order chi connectivity index (χ1) is 9.97. The number of carboxylic acids is 1. The lowest BCUT2D eigenvalue weighted by Crippen LogP contribution is -2.28. The molecule has 1 aromatic heterocycles. The van der Waals surface area contributed by atoms with Gasteiger partial charge in [-0.25, -0.2) is 4.79 Å². The molecule has 0 aromatic carbocycles. The molecule has 0 spiro atoms. The third kappa shape index (κ3) is 4.90. The van der Waals surface area contributed by atoms with Crippen molar-refractivity contribution in [2.24, 2.45) is 7.05 Å². The number of aromatic nitrogens is 2. The molecule has 2 N–H and O–H groups in total. The van der Waals surface area contributed by atoms with E-state index < -0.39 is 11.9 Å². The Balaban J connectivity index is 2.36. The Bertz CT molecular complexity index is 524. The highest BCUT2D eigenvalue weighted by atomic mass is 16.5. The summed E-state index contributed by atoms with van der Waals surface area (Å²) in [4.78, 5) is 33.8. The maximum absolute atomic E-state index is 11.9. The van der Waals surface area contributed by atoms with Crippen molar-refractivity contribution in [3.8, 4) is 0 Å². The number of rotatable bonds is 8. The van der Waals surface area contributed by atoms with Gasteiger partial charge in [-0.05, 0) is 12.8 Å². The summed E-state index contributed by atoms with van der Waals surface area (Å²) in [7, 11) is 2.86. The molecule has 0 bridgehead atoms. The van der Waals surface area contributed by atoms with E-state index in [4.69, 9.17) is 5.11 Å². The maximum Gasteiger partial charge on any atom is 0.339 e. The van der Waals surface area contributed by atoms with Gasteiger partial charge in [0.15, 0.2) is 0 Å². The number of aromatic carboxylic acids is 1. The number of nitrogens with one attached hydrogen (secondary N) is 1. The fraction of sp³-hybridized carbons (Fsp3) is 0.538. The van der Waals surface area contributed by atoms with Gasteiger partial charge in [0.25, 0.3) is 5.91 Å². The summed E-state index contributed by atoms with van der Waals surface area (Å²) < 4.78 is 5.75. The van der Waals surface area contributed by atoms with Gasteiger partial charge >= 0.3 is 11.9 Å². The zero-order valence-electron chi connectivity index (χ0n) is 12.1. The van der Waals surface area contributed by atoms with E-state index in [-0.39, 0.29) is 17.2 Å². The molecule has 1 heterocycles. The highest BCUT2D eigenvalue weighted by molar-refractivity contribution is 6.03. The molecule has 0 aliphatic carbocycles. The van der Waals surface area contributed by atoms with Crippen LogP contribution in [0.2, 0.25) is 0 Å². The Labute approximate surface area is 122 Å². The summed E-state index contributed by atoms with van der Waals surface area (Å²) in [5, 5.41) is 15.4. The summed E-state index contributed by atoms with van der Waals surface area (Å²) >= 11 is 0. The Morgan fingerprint density at radius 2 is 2.05 bits per heavy atom. The van der Waals surface area contributed by atoms with Gasteiger partial charge in [-0.15, -0.1) is 0 Å². The molecule has 21 heavy (non-hydrogen) atoms. The van der Waals surface area contributed by atoms with Crippen LogP contribution in [0, 0.1) is 0 Å². The molecule has 0 saturated carbocycles. The average molecular weight is 297 g/mol. The first kappa shape index (κ1) is 16.7. The number of methoxy groups -OCH3 is 1. The van der Waals surface area contributed by atoms with E-state index in [0.29, 0.717) is 25.8 Å². The lowest BCUT2D eigenvalue weighted by atomic mass is 10.2. The third-order valence-electron chi connectivity index (χ3n) is 2.96. The molecular formula is C13H19N3O5. The highest BCUT2D eigenvalue weighted by Crippen LogP contribution is 2.07. The lowest BCUT2D eigenvalue weighted by Gasteiger charge is -2.06. The monoisotopic (exact) mass is 297 g/mol. The molecule has 8 nitrogen and oxygen atoms in total. The largest absolute Gasteiger partial charge is 0.478 e. The molecule has 1 aromatic rings. The number of aryl methyl sites for hydroxylation is 1. The summed E-state index contributed by atoms with van der Waals surface area (Å²) in [6.45, 7) is 0.407. The maximum atomic E-state index is 11.9. The fourth-order valence-electron chi connectivity index (χ4n) is 1.82. The van der Waals surface area contributed by atoms with Crippen molar-refractivity contribution in [3.05, 3.63) is 17.5 Å². The second-order valence-electron chi connectivity index (χ2n) is 4.48. The van der Waals surface area contributed by atoms with Gasteiger partial charge in [-0.3, -0.25) is 14.3 Å². The molecule has 0 fully saturated rings. The summed E-state index contributed by atoms with van der Waals surface area (Å²) in [5.74, 6) is -1.91. The van der Waals surface area contributed by atoms with Gasteiger partial charge in [0.05, 0.1) is 13.3 Å². The smallest absolute Gasteiger partial charge is 0.339 e. The lowest BCUT2D eigenvalue weighted by molar-refractivity contribution is -0.140. The van der Waals surface area contributed by atoms with Crippen LogP contribution in [0.3, 0.4) is 0 Å². The van der Waals surface area contributed by atoms with Crippen LogP contribution in [0.15, 0.2) is 6.20 Å². The van der Waals surface area contributed by atoms with Crippen molar-refractivity contribution in [2.75, 3.05) is 13.7 Å². The zero-order valence-corrected chi connectivity index (χ0v) is 12.1. The average Bonchev–Trinajstić information content (AvgIpc) is 2.84. The number of amides is 1. The number of hydrogen-bond donors (Lipinski definition) is 2. The molecule has 8 heteroatoms. The molecule has 1 rings (SSSR count). The van der Waals surface area contributed by atoms with Gasteiger partial charge < -0.3 is 15.2 Å². The minimum absolute atomic E-state index is 0.0251. The number of carbonyl (C=O) groups is 3. The molecule has 0 atom stereocenters. The molecule has 0 unspecified atom stereocenters. The van der Waals surface area contributed by atoms with E-state index in [1.54, 1.807) is 0 Å². The minimum atomic E-state index is -1.19. The van der Waals surface area contributed by atoms with Crippen molar-refractivity contribution < 1.29 is 24.2 Å². The molecule has 0 aliphatic heterocycles. The number of carbonyl (C=O) groups excluding carboxylic acids is 2. The zero-order chi connectivity index (χ0) is 15.8. The van der Waals surface area contributed by atoms with Crippen LogP contribution in [-0.2, 0) is 16.6 Å². The van der Waals surface area contributed by atoms with E-state index in [2.05, 4.69) is 15.2 Å². The number of unbranched alkanes of at least 4 members (excludes halogenated alkanes) is 2. The van der Waals surface area contributed by atoms with E-state index in [9.17, 15) is 14.4 Å². The highest BCUT2D eigenvalue weighted by Gasteiger charge is 2.20. The van der Waals surface area contributed by atoms with Crippen LogP contribution in [0.25, 0.3) is 0 Å². The fourth-order valence-corrected chi connectivity index (χ4v) is 1.82. The Morgan fingerprint density at radius 1 is 1.33 bits per heavy atom.